The van der Waals surface area contributed by atoms with Gasteiger partial charge in [-0.25, -0.2) is 0 Å². The highest BCUT2D eigenvalue weighted by atomic mass is 32.1. The van der Waals surface area contributed by atoms with E-state index >= 15 is 0 Å². The molecule has 3 N–H and O–H groups in total. The second-order valence-electron chi connectivity index (χ2n) is 5.84. The molecule has 2 unspecified atom stereocenters. The van der Waals surface area contributed by atoms with Crippen LogP contribution in [0.15, 0.2) is 17.5 Å². The van der Waals surface area contributed by atoms with Crippen molar-refractivity contribution in [2.45, 2.75) is 38.6 Å². The van der Waals surface area contributed by atoms with Crippen LogP contribution in [-0.4, -0.2) is 43.0 Å². The highest BCUT2D eigenvalue weighted by molar-refractivity contribution is 7.09. The largest absolute Gasteiger partial charge is 0.355 e. The third-order valence-electron chi connectivity index (χ3n) is 4.42. The van der Waals surface area contributed by atoms with Crippen LogP contribution in [0, 0.1) is 5.92 Å². The number of carbonyl (C=O) groups excluding carboxylic acids is 1. The van der Waals surface area contributed by atoms with Crippen LogP contribution in [-0.2, 0) is 11.2 Å². The molecule has 21 heavy (non-hydrogen) atoms. The zero-order chi connectivity index (χ0) is 15.1. The van der Waals surface area contributed by atoms with Gasteiger partial charge in [-0.2, -0.15) is 0 Å². The van der Waals surface area contributed by atoms with E-state index in [-0.39, 0.29) is 5.91 Å². The van der Waals surface area contributed by atoms with Gasteiger partial charge < -0.3 is 11.1 Å². The molecule has 0 aliphatic carbocycles. The average molecular weight is 309 g/mol. The lowest BCUT2D eigenvalue weighted by molar-refractivity contribution is -0.123. The van der Waals surface area contributed by atoms with Gasteiger partial charge in [0.2, 0.25) is 5.91 Å². The molecule has 2 rings (SSSR count). The van der Waals surface area contributed by atoms with Crippen LogP contribution in [0.5, 0.6) is 0 Å². The van der Waals surface area contributed by atoms with Gasteiger partial charge in [0.15, 0.2) is 0 Å². The van der Waals surface area contributed by atoms with Crippen LogP contribution in [0.2, 0.25) is 0 Å². The summed E-state index contributed by atoms with van der Waals surface area (Å²) in [5.74, 6) is 0.900. The number of thiophene rings is 1. The Morgan fingerprint density at radius 1 is 1.57 bits per heavy atom. The van der Waals surface area contributed by atoms with E-state index < -0.39 is 0 Å². The quantitative estimate of drug-likeness (QED) is 0.808. The molecule has 2 atom stereocenters. The Labute approximate surface area is 131 Å². The van der Waals surface area contributed by atoms with E-state index in [1.54, 1.807) is 11.3 Å². The van der Waals surface area contributed by atoms with Gasteiger partial charge in [0.25, 0.3) is 0 Å². The lowest BCUT2D eigenvalue weighted by atomic mass is 9.89. The summed E-state index contributed by atoms with van der Waals surface area (Å²) in [6.07, 6.45) is 4.46. The van der Waals surface area contributed by atoms with Crippen molar-refractivity contribution in [3.63, 3.8) is 0 Å². The summed E-state index contributed by atoms with van der Waals surface area (Å²) in [6, 6.07) is 4.52. The molecule has 1 saturated heterocycles. The molecule has 1 aromatic heterocycles. The highest BCUT2D eigenvalue weighted by Crippen LogP contribution is 2.24. The molecule has 0 spiro atoms. The minimum Gasteiger partial charge on any atom is -0.355 e. The number of nitrogens with two attached hydrogens (primary N) is 1. The zero-order valence-electron chi connectivity index (χ0n) is 12.9. The van der Waals surface area contributed by atoms with E-state index in [0.717, 1.165) is 31.8 Å². The molecule has 1 aliphatic rings. The smallest absolute Gasteiger partial charge is 0.234 e. The number of hydrogen-bond donors (Lipinski definition) is 2. The first-order valence-corrected chi connectivity index (χ1v) is 8.84. The van der Waals surface area contributed by atoms with E-state index in [0.29, 0.717) is 19.1 Å². The fourth-order valence-corrected chi connectivity index (χ4v) is 3.74. The molecule has 1 fully saturated rings. The molecule has 118 valence electrons. The molecule has 1 aliphatic heterocycles. The first kappa shape index (κ1) is 16.5. The summed E-state index contributed by atoms with van der Waals surface area (Å²) in [4.78, 5) is 15.6. The summed E-state index contributed by atoms with van der Waals surface area (Å²) < 4.78 is 0. The SMILES string of the molecule is CCC1CCN(CC(=O)NCCc2cccs2)C(CN)C1. The van der Waals surface area contributed by atoms with Crippen molar-refractivity contribution in [2.24, 2.45) is 11.7 Å². The summed E-state index contributed by atoms with van der Waals surface area (Å²) in [6.45, 7) is 5.10. The summed E-state index contributed by atoms with van der Waals surface area (Å²) in [5, 5.41) is 5.09. The van der Waals surface area contributed by atoms with Crippen LogP contribution in [0.25, 0.3) is 0 Å². The van der Waals surface area contributed by atoms with Crippen molar-refractivity contribution in [1.29, 1.82) is 0 Å². The third-order valence-corrected chi connectivity index (χ3v) is 5.35. The number of rotatable bonds is 7. The van der Waals surface area contributed by atoms with Gasteiger partial charge in [0, 0.05) is 24.0 Å². The van der Waals surface area contributed by atoms with Crippen LogP contribution < -0.4 is 11.1 Å². The fraction of sp³-hybridized carbons (Fsp3) is 0.688. The zero-order valence-corrected chi connectivity index (χ0v) is 13.7. The van der Waals surface area contributed by atoms with Gasteiger partial charge in [0.05, 0.1) is 6.54 Å². The van der Waals surface area contributed by atoms with Crippen molar-refractivity contribution in [3.8, 4) is 0 Å². The molecule has 0 radical (unpaired) electrons. The summed E-state index contributed by atoms with van der Waals surface area (Å²) in [7, 11) is 0. The van der Waals surface area contributed by atoms with E-state index in [9.17, 15) is 4.79 Å². The van der Waals surface area contributed by atoms with E-state index in [2.05, 4.69) is 28.6 Å². The number of likely N-dealkylation sites (tertiary alicyclic amines) is 1. The molecule has 0 saturated carbocycles. The number of piperidine rings is 1. The molecular weight excluding hydrogens is 282 g/mol. The summed E-state index contributed by atoms with van der Waals surface area (Å²) >= 11 is 1.74. The first-order valence-electron chi connectivity index (χ1n) is 7.96. The standard InChI is InChI=1S/C16H27N3OS/c1-2-13-6-8-19(14(10-13)11-17)12-16(20)18-7-5-15-4-3-9-21-15/h3-4,9,13-14H,2,5-8,10-12,17H2,1H3,(H,18,20). The molecule has 0 bridgehead atoms. The van der Waals surface area contributed by atoms with Crippen molar-refractivity contribution in [3.05, 3.63) is 22.4 Å². The lowest BCUT2D eigenvalue weighted by Crippen LogP contribution is -2.50. The maximum atomic E-state index is 12.1. The fourth-order valence-electron chi connectivity index (χ4n) is 3.03. The molecule has 1 amide bonds. The van der Waals surface area contributed by atoms with Gasteiger partial charge in [-0.1, -0.05) is 19.4 Å². The lowest BCUT2D eigenvalue weighted by Gasteiger charge is -2.38. The molecule has 0 aromatic carbocycles. The Morgan fingerprint density at radius 2 is 2.43 bits per heavy atom. The van der Waals surface area contributed by atoms with E-state index in [1.165, 1.54) is 17.7 Å². The Hall–Kier alpha value is -0.910. The number of nitrogens with one attached hydrogen (secondary N) is 1. The monoisotopic (exact) mass is 309 g/mol. The van der Waals surface area contributed by atoms with Crippen LogP contribution in [0.1, 0.15) is 31.1 Å². The highest BCUT2D eigenvalue weighted by Gasteiger charge is 2.27. The Morgan fingerprint density at radius 3 is 3.10 bits per heavy atom. The Bertz CT molecular complexity index is 421. The number of amides is 1. The van der Waals surface area contributed by atoms with Crippen LogP contribution >= 0.6 is 11.3 Å². The van der Waals surface area contributed by atoms with E-state index in [1.807, 2.05) is 6.07 Å². The maximum absolute atomic E-state index is 12.1. The Kier molecular flexibility index (Phi) is 6.67. The van der Waals surface area contributed by atoms with Crippen molar-refractivity contribution in [1.82, 2.24) is 10.2 Å². The molecule has 4 nitrogen and oxygen atoms in total. The number of hydrogen-bond acceptors (Lipinski definition) is 4. The van der Waals surface area contributed by atoms with Crippen molar-refractivity contribution in [2.75, 3.05) is 26.2 Å². The molecule has 5 heteroatoms. The van der Waals surface area contributed by atoms with Gasteiger partial charge in [-0.15, -0.1) is 11.3 Å². The minimum atomic E-state index is 0.125. The topological polar surface area (TPSA) is 58.4 Å². The number of carbonyl (C=O) groups is 1. The summed E-state index contributed by atoms with van der Waals surface area (Å²) in [5.41, 5.74) is 5.88. The average Bonchev–Trinajstić information content (AvgIpc) is 3.01. The second-order valence-corrected chi connectivity index (χ2v) is 6.87. The second kappa shape index (κ2) is 8.51. The van der Waals surface area contributed by atoms with Gasteiger partial charge in [-0.05, 0) is 43.2 Å². The molecular formula is C16H27N3OS. The third kappa shape index (κ3) is 5.09. The van der Waals surface area contributed by atoms with E-state index in [4.69, 9.17) is 5.73 Å². The van der Waals surface area contributed by atoms with Gasteiger partial charge >= 0.3 is 0 Å². The Balaban J connectivity index is 1.71. The normalized spacial score (nSPS) is 23.1. The van der Waals surface area contributed by atoms with Gasteiger partial charge in [-0.3, -0.25) is 9.69 Å². The van der Waals surface area contributed by atoms with Crippen molar-refractivity contribution < 1.29 is 4.79 Å². The van der Waals surface area contributed by atoms with Crippen molar-refractivity contribution >= 4 is 17.2 Å². The molecule has 2 heterocycles. The minimum absolute atomic E-state index is 0.125. The predicted molar refractivity (Wildman–Crippen MR) is 88.5 cm³/mol. The predicted octanol–water partition coefficient (Wildman–Crippen LogP) is 1.86. The first-order chi connectivity index (χ1) is 10.2. The molecule has 1 aromatic rings. The number of nitrogens with zero attached hydrogens (tertiary/aromatic N) is 1. The maximum Gasteiger partial charge on any atom is 0.234 e. The van der Waals surface area contributed by atoms with Crippen LogP contribution in [0.3, 0.4) is 0 Å². The van der Waals surface area contributed by atoms with Crippen LogP contribution in [0.4, 0.5) is 0 Å². The van der Waals surface area contributed by atoms with Gasteiger partial charge in [0.1, 0.15) is 0 Å².